The number of H-pyrrole nitrogens is 1. The molecule has 14 heavy (non-hydrogen) atoms. The van der Waals surface area contributed by atoms with E-state index in [1.807, 2.05) is 24.3 Å². The second kappa shape index (κ2) is 3.11. The van der Waals surface area contributed by atoms with E-state index in [1.54, 1.807) is 6.20 Å². The first kappa shape index (κ1) is 9.23. The lowest BCUT2D eigenvalue weighted by Crippen LogP contribution is -2.00. The molecule has 0 spiro atoms. The van der Waals surface area contributed by atoms with E-state index in [2.05, 4.69) is 4.98 Å². The molecule has 0 saturated carbocycles. The summed E-state index contributed by atoms with van der Waals surface area (Å²) in [6.07, 6.45) is 1.60. The molecule has 0 unspecified atom stereocenters. The third-order valence-electron chi connectivity index (χ3n) is 2.01. The van der Waals surface area contributed by atoms with Crippen molar-refractivity contribution >= 4 is 21.0 Å². The minimum Gasteiger partial charge on any atom is -0.361 e. The summed E-state index contributed by atoms with van der Waals surface area (Å²) in [4.78, 5) is 2.94. The van der Waals surface area contributed by atoms with E-state index in [9.17, 15) is 8.42 Å². The van der Waals surface area contributed by atoms with Crippen molar-refractivity contribution in [2.75, 3.05) is 0 Å². The Bertz CT molecular complexity index is 556. The van der Waals surface area contributed by atoms with Crippen LogP contribution in [-0.4, -0.2) is 18.0 Å². The predicted molar refractivity (Wildman–Crippen MR) is 53.6 cm³/mol. The van der Waals surface area contributed by atoms with Crippen molar-refractivity contribution in [1.82, 2.24) is 4.98 Å². The van der Waals surface area contributed by atoms with Gasteiger partial charge in [0.05, 0.1) is 0 Å². The van der Waals surface area contributed by atoms with Gasteiger partial charge >= 0.3 is 0 Å². The standard InChI is InChI=1S/C9H9NO3S/c11-14(12,13)6-7-5-10-9-4-2-1-3-8(7)9/h1-5,10H,6H2,(H,11,12,13). The van der Waals surface area contributed by atoms with Crippen LogP contribution in [0.25, 0.3) is 10.9 Å². The number of nitrogens with one attached hydrogen (secondary N) is 1. The molecule has 1 heterocycles. The van der Waals surface area contributed by atoms with Gasteiger partial charge in [0.25, 0.3) is 10.1 Å². The first-order valence-electron chi connectivity index (χ1n) is 4.06. The van der Waals surface area contributed by atoms with Gasteiger partial charge in [-0.25, -0.2) is 0 Å². The van der Waals surface area contributed by atoms with Crippen molar-refractivity contribution in [1.29, 1.82) is 0 Å². The lowest BCUT2D eigenvalue weighted by atomic mass is 10.2. The number of benzene rings is 1. The summed E-state index contributed by atoms with van der Waals surface area (Å²) in [5.41, 5.74) is 1.45. The molecule has 0 saturated heterocycles. The summed E-state index contributed by atoms with van der Waals surface area (Å²) in [5, 5.41) is 0.824. The molecule has 1 aromatic heterocycles. The normalized spacial score (nSPS) is 12.1. The Morgan fingerprint density at radius 3 is 2.71 bits per heavy atom. The van der Waals surface area contributed by atoms with Gasteiger partial charge in [0.15, 0.2) is 0 Å². The van der Waals surface area contributed by atoms with Crippen LogP contribution in [0.3, 0.4) is 0 Å². The first-order valence-corrected chi connectivity index (χ1v) is 5.67. The Kier molecular flexibility index (Phi) is 2.05. The molecule has 0 aliphatic carbocycles. The third kappa shape index (κ3) is 1.78. The van der Waals surface area contributed by atoms with Gasteiger partial charge in [0.2, 0.25) is 0 Å². The van der Waals surface area contributed by atoms with Crippen molar-refractivity contribution in [2.45, 2.75) is 5.75 Å². The quantitative estimate of drug-likeness (QED) is 0.740. The molecule has 0 fully saturated rings. The van der Waals surface area contributed by atoms with E-state index in [0.717, 1.165) is 10.9 Å². The van der Waals surface area contributed by atoms with Crippen molar-refractivity contribution in [2.24, 2.45) is 0 Å². The van der Waals surface area contributed by atoms with Crippen LogP contribution < -0.4 is 0 Å². The zero-order valence-corrected chi connectivity index (χ0v) is 8.08. The Labute approximate surface area is 81.3 Å². The van der Waals surface area contributed by atoms with Crippen LogP contribution in [0.15, 0.2) is 30.5 Å². The highest BCUT2D eigenvalue weighted by atomic mass is 32.2. The molecule has 0 aliphatic heterocycles. The maximum absolute atomic E-state index is 10.7. The fraction of sp³-hybridized carbons (Fsp3) is 0.111. The maximum Gasteiger partial charge on any atom is 0.269 e. The van der Waals surface area contributed by atoms with E-state index in [0.29, 0.717) is 5.56 Å². The fourth-order valence-corrected chi connectivity index (χ4v) is 2.08. The van der Waals surface area contributed by atoms with Gasteiger partial charge in [0.1, 0.15) is 5.75 Å². The third-order valence-corrected chi connectivity index (χ3v) is 2.69. The van der Waals surface area contributed by atoms with Crippen LogP contribution in [0.2, 0.25) is 0 Å². The maximum atomic E-state index is 10.7. The first-order chi connectivity index (χ1) is 6.56. The molecular formula is C9H9NO3S. The highest BCUT2D eigenvalue weighted by Crippen LogP contribution is 2.19. The Morgan fingerprint density at radius 1 is 1.29 bits per heavy atom. The monoisotopic (exact) mass is 211 g/mol. The van der Waals surface area contributed by atoms with Gasteiger partial charge in [0, 0.05) is 17.1 Å². The number of aromatic nitrogens is 1. The molecule has 74 valence electrons. The topological polar surface area (TPSA) is 70.2 Å². The summed E-state index contributed by atoms with van der Waals surface area (Å²) in [5.74, 6) is -0.350. The summed E-state index contributed by atoms with van der Waals surface area (Å²) >= 11 is 0. The molecular weight excluding hydrogens is 202 g/mol. The van der Waals surface area contributed by atoms with Crippen LogP contribution >= 0.6 is 0 Å². The lowest BCUT2D eigenvalue weighted by molar-refractivity contribution is 0.482. The van der Waals surface area contributed by atoms with E-state index in [-0.39, 0.29) is 5.75 Å². The molecule has 0 atom stereocenters. The average Bonchev–Trinajstić information content (AvgIpc) is 2.47. The van der Waals surface area contributed by atoms with Crippen molar-refractivity contribution in [3.8, 4) is 0 Å². The Morgan fingerprint density at radius 2 is 2.00 bits per heavy atom. The zero-order valence-electron chi connectivity index (χ0n) is 7.27. The average molecular weight is 211 g/mol. The molecule has 1 aromatic carbocycles. The van der Waals surface area contributed by atoms with E-state index in [4.69, 9.17) is 4.55 Å². The number of aromatic amines is 1. The van der Waals surface area contributed by atoms with E-state index in [1.165, 1.54) is 0 Å². The van der Waals surface area contributed by atoms with Gasteiger partial charge in [-0.2, -0.15) is 8.42 Å². The second-order valence-corrected chi connectivity index (χ2v) is 4.54. The smallest absolute Gasteiger partial charge is 0.269 e. The van der Waals surface area contributed by atoms with Gasteiger partial charge in [-0.15, -0.1) is 0 Å². The Hall–Kier alpha value is -1.33. The van der Waals surface area contributed by atoms with Gasteiger partial charge in [-0.05, 0) is 11.6 Å². The molecule has 2 N–H and O–H groups in total. The molecule has 0 radical (unpaired) electrons. The van der Waals surface area contributed by atoms with Gasteiger partial charge in [-0.1, -0.05) is 18.2 Å². The van der Waals surface area contributed by atoms with Crippen molar-refractivity contribution in [3.05, 3.63) is 36.0 Å². The van der Waals surface area contributed by atoms with Crippen LogP contribution in [0.5, 0.6) is 0 Å². The number of para-hydroxylation sites is 1. The van der Waals surface area contributed by atoms with Crippen LogP contribution in [0, 0.1) is 0 Å². The largest absolute Gasteiger partial charge is 0.361 e. The molecule has 4 nitrogen and oxygen atoms in total. The van der Waals surface area contributed by atoms with Crippen molar-refractivity contribution in [3.63, 3.8) is 0 Å². The second-order valence-electron chi connectivity index (χ2n) is 3.09. The molecule has 2 aromatic rings. The number of rotatable bonds is 2. The van der Waals surface area contributed by atoms with E-state index < -0.39 is 10.1 Å². The van der Waals surface area contributed by atoms with Crippen LogP contribution in [-0.2, 0) is 15.9 Å². The number of hydrogen-bond donors (Lipinski definition) is 2. The van der Waals surface area contributed by atoms with Gasteiger partial charge in [-0.3, -0.25) is 4.55 Å². The lowest BCUT2D eigenvalue weighted by Gasteiger charge is -1.94. The molecule has 0 aliphatic rings. The molecule has 0 bridgehead atoms. The number of fused-ring (bicyclic) bond motifs is 1. The summed E-state index contributed by atoms with van der Waals surface area (Å²) in [7, 11) is -3.96. The molecule has 0 amide bonds. The Balaban J connectivity index is 2.54. The fourth-order valence-electron chi connectivity index (χ4n) is 1.45. The number of hydrogen-bond acceptors (Lipinski definition) is 2. The predicted octanol–water partition coefficient (Wildman–Crippen LogP) is 1.56. The highest BCUT2D eigenvalue weighted by molar-refractivity contribution is 7.85. The summed E-state index contributed by atoms with van der Waals surface area (Å²) < 4.78 is 30.1. The van der Waals surface area contributed by atoms with Gasteiger partial charge < -0.3 is 4.98 Å². The van der Waals surface area contributed by atoms with E-state index >= 15 is 0 Å². The minimum atomic E-state index is -3.96. The van der Waals surface area contributed by atoms with Crippen LogP contribution in [0.4, 0.5) is 0 Å². The molecule has 5 heteroatoms. The highest BCUT2D eigenvalue weighted by Gasteiger charge is 2.10. The molecule has 2 rings (SSSR count). The van der Waals surface area contributed by atoms with Crippen molar-refractivity contribution < 1.29 is 13.0 Å². The minimum absolute atomic E-state index is 0.350. The van der Waals surface area contributed by atoms with Crippen LogP contribution in [0.1, 0.15) is 5.56 Å². The summed E-state index contributed by atoms with van der Waals surface area (Å²) in [6, 6.07) is 7.34. The zero-order chi connectivity index (χ0) is 10.2. The summed E-state index contributed by atoms with van der Waals surface area (Å²) in [6.45, 7) is 0. The SMILES string of the molecule is O=S(=O)(O)Cc1c[nH]c2ccccc12.